The number of carboxylic acids is 1. The Hall–Kier alpha value is -2.37. The van der Waals surface area contributed by atoms with E-state index in [0.717, 1.165) is 0 Å². The number of carbonyl (C=O) groups is 3. The Labute approximate surface area is 104 Å². The van der Waals surface area contributed by atoms with Crippen LogP contribution in [0.4, 0.5) is 0 Å². The largest absolute Gasteiger partial charge is 0.548 e. The highest BCUT2D eigenvalue weighted by Gasteiger charge is 2.17. The molecule has 1 rings (SSSR count). The number of nitrogens with one attached hydrogen (secondary N) is 2. The number of hydrogen-bond donors (Lipinski definition) is 2. The Kier molecular flexibility index (Phi) is 4.86. The highest BCUT2D eigenvalue weighted by atomic mass is 16.4. The summed E-state index contributed by atoms with van der Waals surface area (Å²) >= 11 is 0. The van der Waals surface area contributed by atoms with Gasteiger partial charge < -0.3 is 20.5 Å². The molecule has 0 saturated heterocycles. The number of carboxylic acid groups (broad SMARTS) is 1. The van der Waals surface area contributed by atoms with Gasteiger partial charge in [0.15, 0.2) is 0 Å². The summed E-state index contributed by atoms with van der Waals surface area (Å²) in [4.78, 5) is 33.6. The summed E-state index contributed by atoms with van der Waals surface area (Å²) in [5, 5.41) is 15.3. The second kappa shape index (κ2) is 6.39. The quantitative estimate of drug-likeness (QED) is 0.675. The number of carbonyl (C=O) groups excluding carboxylic acids is 3. The zero-order chi connectivity index (χ0) is 13.5. The third kappa shape index (κ3) is 3.89. The molecule has 1 aromatic carbocycles. The molecule has 0 aromatic heterocycles. The van der Waals surface area contributed by atoms with Crippen molar-refractivity contribution in [2.75, 3.05) is 7.05 Å². The Bertz CT molecular complexity index is 445. The van der Waals surface area contributed by atoms with Crippen LogP contribution >= 0.6 is 0 Å². The van der Waals surface area contributed by atoms with Gasteiger partial charge in [0.2, 0.25) is 5.91 Å². The van der Waals surface area contributed by atoms with E-state index >= 15 is 0 Å². The van der Waals surface area contributed by atoms with Crippen LogP contribution in [0.5, 0.6) is 0 Å². The first-order chi connectivity index (χ1) is 8.54. The molecule has 2 N–H and O–H groups in total. The normalized spacial score (nSPS) is 11.4. The van der Waals surface area contributed by atoms with Crippen LogP contribution in [0.3, 0.4) is 0 Å². The van der Waals surface area contributed by atoms with Crippen LogP contribution in [0.2, 0.25) is 0 Å². The summed E-state index contributed by atoms with van der Waals surface area (Å²) in [6.07, 6.45) is -0.364. The number of amides is 2. The van der Waals surface area contributed by atoms with Crippen LogP contribution in [-0.2, 0) is 9.59 Å². The molecule has 0 aliphatic rings. The van der Waals surface area contributed by atoms with Gasteiger partial charge in [-0.15, -0.1) is 0 Å². The lowest BCUT2D eigenvalue weighted by atomic mass is 10.1. The van der Waals surface area contributed by atoms with E-state index in [2.05, 4.69) is 10.6 Å². The molecular formula is C12H13N2O4-. The number of benzene rings is 1. The van der Waals surface area contributed by atoms with Crippen LogP contribution in [0.25, 0.3) is 0 Å². The van der Waals surface area contributed by atoms with Crippen LogP contribution in [-0.4, -0.2) is 30.9 Å². The molecule has 0 heterocycles. The lowest BCUT2D eigenvalue weighted by Crippen LogP contribution is -2.49. The second-order valence-corrected chi connectivity index (χ2v) is 3.59. The molecule has 0 spiro atoms. The van der Waals surface area contributed by atoms with Crippen LogP contribution < -0.4 is 15.7 Å². The van der Waals surface area contributed by atoms with Gasteiger partial charge in [-0.1, -0.05) is 18.2 Å². The standard InChI is InChI=1S/C12H14N2O4/c1-13-10(15)7-9(12(17)18)14-11(16)8-5-3-2-4-6-8/h2-6,9H,7H2,1H3,(H,13,15)(H,14,16)(H,17,18)/p-1/t9-/m0/s1. The van der Waals surface area contributed by atoms with Crippen LogP contribution in [0, 0.1) is 0 Å². The van der Waals surface area contributed by atoms with Crippen molar-refractivity contribution in [3.63, 3.8) is 0 Å². The van der Waals surface area contributed by atoms with Gasteiger partial charge in [0.05, 0.1) is 18.4 Å². The third-order valence-electron chi connectivity index (χ3n) is 2.29. The van der Waals surface area contributed by atoms with Crippen molar-refractivity contribution in [3.8, 4) is 0 Å². The van der Waals surface area contributed by atoms with Crippen molar-refractivity contribution in [1.82, 2.24) is 10.6 Å². The summed E-state index contributed by atoms with van der Waals surface area (Å²) in [7, 11) is 1.38. The first kappa shape index (κ1) is 13.7. The fourth-order valence-electron chi connectivity index (χ4n) is 1.31. The van der Waals surface area contributed by atoms with Crippen molar-refractivity contribution < 1.29 is 19.5 Å². The first-order valence-corrected chi connectivity index (χ1v) is 5.32. The van der Waals surface area contributed by atoms with Gasteiger partial charge in [0.1, 0.15) is 0 Å². The zero-order valence-electron chi connectivity index (χ0n) is 9.80. The first-order valence-electron chi connectivity index (χ1n) is 5.32. The monoisotopic (exact) mass is 249 g/mol. The van der Waals surface area contributed by atoms with E-state index < -0.39 is 23.8 Å². The van der Waals surface area contributed by atoms with Crippen LogP contribution in [0.15, 0.2) is 30.3 Å². The average molecular weight is 249 g/mol. The molecule has 18 heavy (non-hydrogen) atoms. The average Bonchev–Trinajstić information content (AvgIpc) is 2.38. The number of hydrogen-bond acceptors (Lipinski definition) is 4. The maximum absolute atomic E-state index is 11.7. The third-order valence-corrected chi connectivity index (χ3v) is 2.29. The highest BCUT2D eigenvalue weighted by Crippen LogP contribution is 2.00. The molecular weight excluding hydrogens is 236 g/mol. The lowest BCUT2D eigenvalue weighted by molar-refractivity contribution is -0.308. The van der Waals surface area contributed by atoms with Gasteiger partial charge >= 0.3 is 0 Å². The van der Waals surface area contributed by atoms with Crippen molar-refractivity contribution >= 4 is 17.8 Å². The van der Waals surface area contributed by atoms with Crippen molar-refractivity contribution in [2.45, 2.75) is 12.5 Å². The maximum Gasteiger partial charge on any atom is 0.251 e. The Morgan fingerprint density at radius 1 is 1.22 bits per heavy atom. The summed E-state index contributed by atoms with van der Waals surface area (Å²) < 4.78 is 0. The van der Waals surface area contributed by atoms with E-state index in [1.54, 1.807) is 30.3 Å². The molecule has 0 unspecified atom stereocenters. The lowest BCUT2D eigenvalue weighted by Gasteiger charge is -2.18. The van der Waals surface area contributed by atoms with Gasteiger partial charge in [-0.05, 0) is 12.1 Å². The molecule has 0 radical (unpaired) electrons. The van der Waals surface area contributed by atoms with E-state index in [-0.39, 0.29) is 6.42 Å². The molecule has 1 aromatic rings. The van der Waals surface area contributed by atoms with Gasteiger partial charge in [0, 0.05) is 12.6 Å². The second-order valence-electron chi connectivity index (χ2n) is 3.59. The minimum Gasteiger partial charge on any atom is -0.548 e. The van der Waals surface area contributed by atoms with Crippen LogP contribution in [0.1, 0.15) is 16.8 Å². The minimum atomic E-state index is -1.50. The smallest absolute Gasteiger partial charge is 0.251 e. The molecule has 1 atom stereocenters. The molecule has 0 bridgehead atoms. The van der Waals surface area contributed by atoms with Crippen molar-refractivity contribution in [3.05, 3.63) is 35.9 Å². The molecule has 96 valence electrons. The highest BCUT2D eigenvalue weighted by molar-refractivity contribution is 5.97. The SMILES string of the molecule is CNC(=O)C[C@H](NC(=O)c1ccccc1)C(=O)[O-]. The van der Waals surface area contributed by atoms with E-state index in [0.29, 0.717) is 5.56 Å². The predicted molar refractivity (Wildman–Crippen MR) is 61.4 cm³/mol. The maximum atomic E-state index is 11.7. The predicted octanol–water partition coefficient (Wildman–Crippen LogP) is -1.33. The summed E-state index contributed by atoms with van der Waals surface area (Å²) in [6.45, 7) is 0. The molecule has 0 aliphatic carbocycles. The summed E-state index contributed by atoms with van der Waals surface area (Å²) in [5.41, 5.74) is 0.320. The number of aliphatic carboxylic acids is 1. The summed E-state index contributed by atoms with van der Waals surface area (Å²) in [6, 6.07) is 6.78. The van der Waals surface area contributed by atoms with Gasteiger partial charge in [-0.3, -0.25) is 9.59 Å². The molecule has 0 saturated carbocycles. The van der Waals surface area contributed by atoms with Gasteiger partial charge in [-0.25, -0.2) is 0 Å². The van der Waals surface area contributed by atoms with E-state index in [1.807, 2.05) is 0 Å². The van der Waals surface area contributed by atoms with E-state index in [1.165, 1.54) is 7.05 Å². The molecule has 6 heteroatoms. The molecule has 2 amide bonds. The van der Waals surface area contributed by atoms with Crippen molar-refractivity contribution in [2.24, 2.45) is 0 Å². The zero-order valence-corrected chi connectivity index (χ0v) is 9.80. The molecule has 6 nitrogen and oxygen atoms in total. The fourth-order valence-corrected chi connectivity index (χ4v) is 1.31. The van der Waals surface area contributed by atoms with Crippen molar-refractivity contribution in [1.29, 1.82) is 0 Å². The van der Waals surface area contributed by atoms with E-state index in [4.69, 9.17) is 0 Å². The van der Waals surface area contributed by atoms with E-state index in [9.17, 15) is 19.5 Å². The van der Waals surface area contributed by atoms with Gasteiger partial charge in [0.25, 0.3) is 5.91 Å². The Balaban J connectivity index is 2.70. The Morgan fingerprint density at radius 2 is 1.83 bits per heavy atom. The molecule has 0 aliphatic heterocycles. The molecule has 0 fully saturated rings. The van der Waals surface area contributed by atoms with Gasteiger partial charge in [-0.2, -0.15) is 0 Å². The Morgan fingerprint density at radius 3 is 2.33 bits per heavy atom. The fraction of sp³-hybridized carbons (Fsp3) is 0.250. The minimum absolute atomic E-state index is 0.320. The summed E-state index contributed by atoms with van der Waals surface area (Å²) in [5.74, 6) is -2.55. The number of rotatable bonds is 5. The topological polar surface area (TPSA) is 98.3 Å².